The third kappa shape index (κ3) is 6.82. The van der Waals surface area contributed by atoms with Crippen LogP contribution in [0.4, 0.5) is 5.69 Å². The maximum absolute atomic E-state index is 13.2. The zero-order valence-corrected chi connectivity index (χ0v) is 21.8. The summed E-state index contributed by atoms with van der Waals surface area (Å²) in [7, 11) is 3.39. The molecule has 0 aromatic heterocycles. The van der Waals surface area contributed by atoms with E-state index in [-0.39, 0.29) is 30.9 Å². The van der Waals surface area contributed by atoms with Gasteiger partial charge in [-0.2, -0.15) is 5.26 Å². The highest BCUT2D eigenvalue weighted by molar-refractivity contribution is 5.96. The van der Waals surface area contributed by atoms with Crippen LogP contribution in [0.25, 0.3) is 0 Å². The Kier molecular flexibility index (Phi) is 9.42. The number of nitrogens with one attached hydrogen (secondary N) is 2. The second-order valence-electron chi connectivity index (χ2n) is 9.25. The molecule has 0 saturated carbocycles. The van der Waals surface area contributed by atoms with E-state index < -0.39 is 0 Å². The van der Waals surface area contributed by atoms with Crippen LogP contribution in [-0.4, -0.2) is 68.2 Å². The number of hydrazine groups is 1. The Labute approximate surface area is 213 Å². The summed E-state index contributed by atoms with van der Waals surface area (Å²) in [5.74, 6) is 0.515. The van der Waals surface area contributed by atoms with Crippen molar-refractivity contribution in [1.82, 2.24) is 20.7 Å². The van der Waals surface area contributed by atoms with Gasteiger partial charge in [-0.15, -0.1) is 0 Å². The fraction of sp³-hybridized carbons (Fsp3) is 0.444. The van der Waals surface area contributed by atoms with Gasteiger partial charge in [0, 0.05) is 45.0 Å². The first-order chi connectivity index (χ1) is 17.2. The molecule has 0 saturated heterocycles. The predicted octanol–water partition coefficient (Wildman–Crippen LogP) is 2.19. The summed E-state index contributed by atoms with van der Waals surface area (Å²) >= 11 is 0. The molecule has 0 unspecified atom stereocenters. The summed E-state index contributed by atoms with van der Waals surface area (Å²) in [4.78, 5) is 27.7. The fourth-order valence-electron chi connectivity index (χ4n) is 4.15. The van der Waals surface area contributed by atoms with Gasteiger partial charge < -0.3 is 15.0 Å². The SMILES string of the molecule is COc1ccc2c(c1)CN(N(C)C(=O)CNCC(=O)N(CCNC(C)C)c1cc(C#N)ccc1C)C2. The van der Waals surface area contributed by atoms with Crippen molar-refractivity contribution in [2.24, 2.45) is 0 Å². The minimum Gasteiger partial charge on any atom is -0.497 e. The Balaban J connectivity index is 1.58. The summed E-state index contributed by atoms with van der Waals surface area (Å²) in [6.45, 7) is 8.40. The van der Waals surface area contributed by atoms with Crippen LogP contribution in [0.1, 0.15) is 36.1 Å². The molecule has 0 aliphatic carbocycles. The summed E-state index contributed by atoms with van der Waals surface area (Å²) in [6, 6.07) is 13.7. The molecule has 2 amide bonds. The minimum absolute atomic E-state index is 0.00883. The highest BCUT2D eigenvalue weighted by Gasteiger charge is 2.26. The van der Waals surface area contributed by atoms with E-state index in [2.05, 4.69) is 16.7 Å². The highest BCUT2D eigenvalue weighted by Crippen LogP contribution is 2.27. The molecule has 9 heteroatoms. The van der Waals surface area contributed by atoms with Crippen LogP contribution < -0.4 is 20.3 Å². The Hall–Kier alpha value is -3.45. The molecule has 9 nitrogen and oxygen atoms in total. The van der Waals surface area contributed by atoms with Crippen molar-refractivity contribution in [2.45, 2.75) is 39.9 Å². The van der Waals surface area contributed by atoms with E-state index >= 15 is 0 Å². The molecule has 1 aliphatic heterocycles. The summed E-state index contributed by atoms with van der Waals surface area (Å²) < 4.78 is 5.30. The molecule has 0 radical (unpaired) electrons. The van der Waals surface area contributed by atoms with Gasteiger partial charge in [-0.1, -0.05) is 26.0 Å². The minimum atomic E-state index is -0.158. The van der Waals surface area contributed by atoms with E-state index in [4.69, 9.17) is 4.74 Å². The van der Waals surface area contributed by atoms with Gasteiger partial charge in [0.25, 0.3) is 5.91 Å². The van der Waals surface area contributed by atoms with E-state index in [1.165, 1.54) is 5.56 Å². The Morgan fingerprint density at radius 1 is 1.11 bits per heavy atom. The van der Waals surface area contributed by atoms with Gasteiger partial charge in [-0.25, -0.2) is 5.01 Å². The Morgan fingerprint density at radius 3 is 2.53 bits per heavy atom. The number of carbonyl (C=O) groups is 2. The van der Waals surface area contributed by atoms with E-state index in [0.29, 0.717) is 37.4 Å². The number of nitrogens with zero attached hydrogens (tertiary/aromatic N) is 4. The van der Waals surface area contributed by atoms with Crippen molar-refractivity contribution >= 4 is 17.5 Å². The van der Waals surface area contributed by atoms with E-state index in [1.807, 2.05) is 50.0 Å². The van der Waals surface area contributed by atoms with Crippen LogP contribution in [0.15, 0.2) is 36.4 Å². The second-order valence-corrected chi connectivity index (χ2v) is 9.25. The number of likely N-dealkylation sites (N-methyl/N-ethyl adjacent to an activating group) is 1. The lowest BCUT2D eigenvalue weighted by molar-refractivity contribution is -0.145. The van der Waals surface area contributed by atoms with Crippen molar-refractivity contribution < 1.29 is 14.3 Å². The third-order valence-electron chi connectivity index (χ3n) is 6.27. The van der Waals surface area contributed by atoms with Gasteiger partial charge in [0.2, 0.25) is 5.91 Å². The van der Waals surface area contributed by atoms with Gasteiger partial charge >= 0.3 is 0 Å². The summed E-state index contributed by atoms with van der Waals surface area (Å²) in [5, 5.41) is 19.2. The maximum Gasteiger partial charge on any atom is 0.250 e. The van der Waals surface area contributed by atoms with Crippen molar-refractivity contribution in [1.29, 1.82) is 5.26 Å². The van der Waals surface area contributed by atoms with Crippen molar-refractivity contribution in [3.05, 3.63) is 58.7 Å². The monoisotopic (exact) mass is 492 g/mol. The third-order valence-corrected chi connectivity index (χ3v) is 6.27. The first-order valence-corrected chi connectivity index (χ1v) is 12.2. The Morgan fingerprint density at radius 2 is 1.83 bits per heavy atom. The normalized spacial score (nSPS) is 12.8. The van der Waals surface area contributed by atoms with E-state index in [9.17, 15) is 14.9 Å². The van der Waals surface area contributed by atoms with E-state index in [0.717, 1.165) is 16.9 Å². The number of hydrogen-bond acceptors (Lipinski definition) is 7. The number of amides is 2. The van der Waals surface area contributed by atoms with Gasteiger partial charge in [-0.3, -0.25) is 19.9 Å². The second kappa shape index (κ2) is 12.5. The zero-order valence-electron chi connectivity index (χ0n) is 21.8. The average Bonchev–Trinajstić information content (AvgIpc) is 3.29. The fourth-order valence-corrected chi connectivity index (χ4v) is 4.15. The molecule has 0 atom stereocenters. The van der Waals surface area contributed by atoms with Crippen molar-refractivity contribution in [2.75, 3.05) is 45.2 Å². The number of carbonyl (C=O) groups excluding carboxylic acids is 2. The van der Waals surface area contributed by atoms with Crippen LogP contribution in [0.3, 0.4) is 0 Å². The molecule has 1 heterocycles. The topological polar surface area (TPSA) is 101 Å². The van der Waals surface area contributed by atoms with Gasteiger partial charge in [0.05, 0.1) is 31.8 Å². The summed E-state index contributed by atoms with van der Waals surface area (Å²) in [5.41, 5.74) is 4.42. The number of hydrogen-bond donors (Lipinski definition) is 2. The molecule has 2 aromatic carbocycles. The quantitative estimate of drug-likeness (QED) is 0.496. The molecule has 0 bridgehead atoms. The molecule has 2 aromatic rings. The Bertz CT molecular complexity index is 1130. The lowest BCUT2D eigenvalue weighted by Crippen LogP contribution is -2.47. The number of rotatable bonds is 11. The maximum atomic E-state index is 13.2. The smallest absolute Gasteiger partial charge is 0.250 e. The molecular formula is C27H36N6O3. The molecule has 0 spiro atoms. The molecule has 0 fully saturated rings. The predicted molar refractivity (Wildman–Crippen MR) is 139 cm³/mol. The zero-order chi connectivity index (χ0) is 26.2. The number of ether oxygens (including phenoxy) is 1. The number of anilines is 1. The van der Waals surface area contributed by atoms with Gasteiger partial charge in [-0.05, 0) is 47.9 Å². The number of aryl methyl sites for hydroxylation is 1. The van der Waals surface area contributed by atoms with Gasteiger partial charge in [0.1, 0.15) is 5.75 Å². The van der Waals surface area contributed by atoms with Crippen LogP contribution >= 0.6 is 0 Å². The molecule has 192 valence electrons. The van der Waals surface area contributed by atoms with E-state index in [1.54, 1.807) is 36.2 Å². The van der Waals surface area contributed by atoms with Crippen molar-refractivity contribution in [3.8, 4) is 11.8 Å². The lowest BCUT2D eigenvalue weighted by atomic mass is 10.1. The largest absolute Gasteiger partial charge is 0.497 e. The molecule has 1 aliphatic rings. The van der Waals surface area contributed by atoms with Crippen molar-refractivity contribution in [3.63, 3.8) is 0 Å². The van der Waals surface area contributed by atoms with Crippen LogP contribution in [0.5, 0.6) is 5.75 Å². The van der Waals surface area contributed by atoms with Crippen LogP contribution in [0.2, 0.25) is 0 Å². The number of fused-ring (bicyclic) bond motifs is 1. The standard InChI is InChI=1S/C27H36N6O3/c1-19(2)30-10-11-33(25-12-21(14-28)7-6-20(25)3)27(35)16-29-15-26(34)31(4)32-17-22-8-9-24(36-5)13-23(22)18-32/h6-9,12-13,19,29-30H,10-11,15-18H2,1-5H3. The van der Waals surface area contributed by atoms with Gasteiger partial charge in [0.15, 0.2) is 0 Å². The van der Waals surface area contributed by atoms with Crippen LogP contribution in [-0.2, 0) is 22.7 Å². The highest BCUT2D eigenvalue weighted by atomic mass is 16.5. The van der Waals surface area contributed by atoms with Crippen LogP contribution in [0, 0.1) is 18.3 Å². The molecule has 3 rings (SSSR count). The average molecular weight is 493 g/mol. The summed E-state index contributed by atoms with van der Waals surface area (Å²) in [6.07, 6.45) is 0. The number of methoxy groups -OCH3 is 1. The molecule has 36 heavy (non-hydrogen) atoms. The molecule has 2 N–H and O–H groups in total. The number of nitriles is 1. The lowest BCUT2D eigenvalue weighted by Gasteiger charge is -2.28. The first kappa shape index (κ1) is 27.1. The molecular weight excluding hydrogens is 456 g/mol. The first-order valence-electron chi connectivity index (χ1n) is 12.2. The number of benzene rings is 2.